The van der Waals surface area contributed by atoms with E-state index >= 15 is 0 Å². The molecule has 0 heterocycles. The predicted octanol–water partition coefficient (Wildman–Crippen LogP) is 5.98. The van der Waals surface area contributed by atoms with E-state index in [0.717, 1.165) is 53.5 Å². The van der Waals surface area contributed by atoms with Gasteiger partial charge in [-0.25, -0.2) is 0 Å². The smallest absolute Gasteiger partial charge is 0.162 e. The number of aryl methyl sites for hydroxylation is 4. The summed E-state index contributed by atoms with van der Waals surface area (Å²) in [5.74, 6) is 0.181. The topological polar surface area (TPSA) is 57.5 Å². The summed E-state index contributed by atoms with van der Waals surface area (Å²) in [6.45, 7) is 6.05. The van der Waals surface area contributed by atoms with Crippen LogP contribution >= 0.6 is 0 Å². The van der Waals surface area contributed by atoms with E-state index in [4.69, 9.17) is 0 Å². The van der Waals surface area contributed by atoms with E-state index in [-0.39, 0.29) is 19.0 Å². The zero-order chi connectivity index (χ0) is 23.1. The van der Waals surface area contributed by atoms with Gasteiger partial charge in [0.2, 0.25) is 0 Å². The highest BCUT2D eigenvalue weighted by molar-refractivity contribution is 5.98. The molecule has 3 heteroatoms. The Bertz CT molecular complexity index is 1080. The molecule has 3 aromatic carbocycles. The average Bonchev–Trinajstić information content (AvgIpc) is 2.82. The highest BCUT2D eigenvalue weighted by Crippen LogP contribution is 2.32. The van der Waals surface area contributed by atoms with Crippen LogP contribution in [0.25, 0.3) is 11.1 Å². The lowest BCUT2D eigenvalue weighted by Gasteiger charge is -2.18. The minimum Gasteiger partial charge on any atom is -0.392 e. The van der Waals surface area contributed by atoms with E-state index in [2.05, 4.69) is 50.2 Å². The van der Waals surface area contributed by atoms with Gasteiger partial charge < -0.3 is 10.2 Å². The van der Waals surface area contributed by atoms with Gasteiger partial charge in [-0.3, -0.25) is 4.79 Å². The van der Waals surface area contributed by atoms with Crippen molar-refractivity contribution in [2.24, 2.45) is 0 Å². The fourth-order valence-electron chi connectivity index (χ4n) is 4.36. The van der Waals surface area contributed by atoms with Gasteiger partial charge in [-0.15, -0.1) is 0 Å². The summed E-state index contributed by atoms with van der Waals surface area (Å²) < 4.78 is 0. The standard InChI is InChI=1S/C29H34O3/c1-4-8-22-17-28(29(32)5-2)23(16-27(22)26-10-7-6-9-20(26)3)13-11-21-12-14-24(18-30)25(15-21)19-31/h6-7,9-10,12,14-17,30-31H,4-5,8,11,13,18-19H2,1-3H3. The van der Waals surface area contributed by atoms with Gasteiger partial charge in [-0.1, -0.05) is 68.8 Å². The zero-order valence-corrected chi connectivity index (χ0v) is 19.4. The SMILES string of the molecule is CCCc1cc(C(=O)CC)c(CCc2ccc(CO)c(CO)c2)cc1-c1ccccc1C. The highest BCUT2D eigenvalue weighted by atomic mass is 16.3. The van der Waals surface area contributed by atoms with Crippen molar-refractivity contribution in [3.05, 3.63) is 93.5 Å². The minimum absolute atomic E-state index is 0.0794. The lowest BCUT2D eigenvalue weighted by molar-refractivity contribution is 0.0987. The summed E-state index contributed by atoms with van der Waals surface area (Å²) >= 11 is 0. The van der Waals surface area contributed by atoms with Gasteiger partial charge in [0.15, 0.2) is 5.78 Å². The Hall–Kier alpha value is -2.75. The van der Waals surface area contributed by atoms with Crippen molar-refractivity contribution in [2.75, 3.05) is 0 Å². The van der Waals surface area contributed by atoms with Gasteiger partial charge in [0, 0.05) is 12.0 Å². The first-order chi connectivity index (χ1) is 15.5. The molecule has 0 saturated heterocycles. The van der Waals surface area contributed by atoms with E-state index in [0.29, 0.717) is 6.42 Å². The van der Waals surface area contributed by atoms with Crippen LogP contribution in [0.2, 0.25) is 0 Å². The monoisotopic (exact) mass is 430 g/mol. The molecule has 0 spiro atoms. The third kappa shape index (κ3) is 5.35. The van der Waals surface area contributed by atoms with Crippen molar-refractivity contribution in [1.82, 2.24) is 0 Å². The van der Waals surface area contributed by atoms with Crippen molar-refractivity contribution in [2.45, 2.75) is 66.1 Å². The lowest BCUT2D eigenvalue weighted by atomic mass is 9.86. The van der Waals surface area contributed by atoms with Crippen LogP contribution in [0.4, 0.5) is 0 Å². The zero-order valence-electron chi connectivity index (χ0n) is 19.4. The summed E-state index contributed by atoms with van der Waals surface area (Å²) in [5, 5.41) is 19.1. The van der Waals surface area contributed by atoms with Gasteiger partial charge in [-0.2, -0.15) is 0 Å². The molecule has 0 amide bonds. The van der Waals surface area contributed by atoms with Crippen LogP contribution < -0.4 is 0 Å². The molecule has 0 bridgehead atoms. The Balaban J connectivity index is 2.04. The van der Waals surface area contributed by atoms with Crippen LogP contribution in [0.15, 0.2) is 54.6 Å². The molecular formula is C29H34O3. The molecule has 0 radical (unpaired) electrons. The molecule has 0 aromatic heterocycles. The number of ketones is 1. The minimum atomic E-state index is -0.0908. The van der Waals surface area contributed by atoms with E-state index in [1.807, 2.05) is 25.1 Å². The molecule has 0 saturated carbocycles. The summed E-state index contributed by atoms with van der Waals surface area (Å²) in [5.41, 5.74) is 9.43. The molecule has 3 nitrogen and oxygen atoms in total. The molecule has 0 unspecified atom stereocenters. The van der Waals surface area contributed by atoms with Crippen LogP contribution in [0, 0.1) is 6.92 Å². The third-order valence-electron chi connectivity index (χ3n) is 6.20. The summed E-state index contributed by atoms with van der Waals surface area (Å²) in [4.78, 5) is 12.8. The number of aliphatic hydroxyl groups is 2. The first kappa shape index (κ1) is 23.9. The normalized spacial score (nSPS) is 11.0. The van der Waals surface area contributed by atoms with Gasteiger partial charge in [0.1, 0.15) is 0 Å². The van der Waals surface area contributed by atoms with Gasteiger partial charge >= 0.3 is 0 Å². The van der Waals surface area contributed by atoms with Crippen molar-refractivity contribution in [1.29, 1.82) is 0 Å². The fraction of sp³-hybridized carbons (Fsp3) is 0.345. The van der Waals surface area contributed by atoms with Crippen LogP contribution in [0.5, 0.6) is 0 Å². The number of carbonyl (C=O) groups is 1. The lowest BCUT2D eigenvalue weighted by Crippen LogP contribution is -2.07. The number of aliphatic hydroxyl groups excluding tert-OH is 2. The first-order valence-electron chi connectivity index (χ1n) is 11.6. The molecule has 0 aliphatic rings. The van der Waals surface area contributed by atoms with Gasteiger partial charge in [0.05, 0.1) is 13.2 Å². The molecule has 3 rings (SSSR count). The molecule has 0 fully saturated rings. The summed E-state index contributed by atoms with van der Waals surface area (Å²) in [6, 6.07) is 18.6. The van der Waals surface area contributed by atoms with Crippen molar-refractivity contribution in [3.8, 4) is 11.1 Å². The van der Waals surface area contributed by atoms with E-state index in [1.165, 1.54) is 22.3 Å². The van der Waals surface area contributed by atoms with Gasteiger partial charge in [0.25, 0.3) is 0 Å². The second kappa shape index (κ2) is 11.2. The second-order valence-electron chi connectivity index (χ2n) is 8.43. The number of hydrogen-bond donors (Lipinski definition) is 2. The van der Waals surface area contributed by atoms with Crippen molar-refractivity contribution >= 4 is 5.78 Å². The first-order valence-corrected chi connectivity index (χ1v) is 11.6. The predicted molar refractivity (Wildman–Crippen MR) is 131 cm³/mol. The van der Waals surface area contributed by atoms with Crippen LogP contribution in [-0.2, 0) is 32.5 Å². The summed E-state index contributed by atoms with van der Waals surface area (Å²) in [6.07, 6.45) is 3.97. The quantitative estimate of drug-likeness (QED) is 0.389. The number of hydrogen-bond acceptors (Lipinski definition) is 3. The van der Waals surface area contributed by atoms with E-state index in [1.54, 1.807) is 0 Å². The summed E-state index contributed by atoms with van der Waals surface area (Å²) in [7, 11) is 0. The highest BCUT2D eigenvalue weighted by Gasteiger charge is 2.16. The Kier molecular flexibility index (Phi) is 8.38. The maximum Gasteiger partial charge on any atom is 0.162 e. The maximum absolute atomic E-state index is 12.8. The van der Waals surface area contributed by atoms with Crippen molar-refractivity contribution < 1.29 is 15.0 Å². The molecule has 168 valence electrons. The van der Waals surface area contributed by atoms with Crippen LogP contribution in [0.1, 0.15) is 70.4 Å². The Morgan fingerprint density at radius 3 is 2.16 bits per heavy atom. The number of Topliss-reactive ketones (excluding diaryl/α,β-unsaturated/α-hetero) is 1. The number of carbonyl (C=O) groups excluding carboxylic acids is 1. The Morgan fingerprint density at radius 1 is 0.750 bits per heavy atom. The maximum atomic E-state index is 12.8. The largest absolute Gasteiger partial charge is 0.392 e. The fourth-order valence-corrected chi connectivity index (χ4v) is 4.36. The van der Waals surface area contributed by atoms with E-state index in [9.17, 15) is 15.0 Å². The Morgan fingerprint density at radius 2 is 1.50 bits per heavy atom. The Labute approximate surface area is 191 Å². The van der Waals surface area contributed by atoms with Crippen molar-refractivity contribution in [3.63, 3.8) is 0 Å². The number of benzene rings is 3. The molecule has 0 aliphatic carbocycles. The molecule has 3 aromatic rings. The van der Waals surface area contributed by atoms with E-state index < -0.39 is 0 Å². The molecule has 2 N–H and O–H groups in total. The molecular weight excluding hydrogens is 396 g/mol. The second-order valence-corrected chi connectivity index (χ2v) is 8.43. The molecule has 0 atom stereocenters. The van der Waals surface area contributed by atoms with Gasteiger partial charge in [-0.05, 0) is 76.8 Å². The average molecular weight is 431 g/mol. The third-order valence-corrected chi connectivity index (χ3v) is 6.20. The molecule has 32 heavy (non-hydrogen) atoms. The number of rotatable bonds is 10. The van der Waals surface area contributed by atoms with Crippen LogP contribution in [0.3, 0.4) is 0 Å². The molecule has 0 aliphatic heterocycles. The van der Waals surface area contributed by atoms with Crippen LogP contribution in [-0.4, -0.2) is 16.0 Å².